The topological polar surface area (TPSA) is 23.6 Å². The van der Waals surface area contributed by atoms with Crippen molar-refractivity contribution >= 4 is 5.91 Å². The molecule has 0 heterocycles. The monoisotopic (exact) mass is 470 g/mol. The molecule has 3 heteroatoms. The van der Waals surface area contributed by atoms with Gasteiger partial charge in [0.2, 0.25) is 5.91 Å². The van der Waals surface area contributed by atoms with Gasteiger partial charge in [-0.3, -0.25) is 4.79 Å². The number of hydrogen-bond acceptors (Lipinski definition) is 2. The van der Waals surface area contributed by atoms with Crippen LogP contribution in [0.15, 0.2) is 11.6 Å². The summed E-state index contributed by atoms with van der Waals surface area (Å²) in [6.45, 7) is 14.2. The molecule has 0 aromatic rings. The molecule has 1 unspecified atom stereocenters. The molecule has 4 saturated carbocycles. The van der Waals surface area contributed by atoms with Crippen LogP contribution in [0.4, 0.5) is 0 Å². The first-order chi connectivity index (χ1) is 15.9. The lowest BCUT2D eigenvalue weighted by atomic mass is 9.44. The van der Waals surface area contributed by atoms with Crippen LogP contribution in [0.3, 0.4) is 0 Å². The van der Waals surface area contributed by atoms with E-state index in [0.29, 0.717) is 28.8 Å². The van der Waals surface area contributed by atoms with Gasteiger partial charge in [0.05, 0.1) is 0 Å². The van der Waals surface area contributed by atoms with Gasteiger partial charge >= 0.3 is 0 Å². The smallest absolute Gasteiger partial charge is 0.246 e. The number of carbonyl (C=O) groups excluding carboxylic acids is 1. The normalized spacial score (nSPS) is 43.3. The molecule has 4 aliphatic carbocycles. The van der Waals surface area contributed by atoms with Crippen LogP contribution in [0.25, 0.3) is 0 Å². The number of likely N-dealkylation sites (N-methyl/N-ethyl adjacent to an activating group) is 1. The second kappa shape index (κ2) is 9.56. The molecule has 0 aromatic heterocycles. The summed E-state index contributed by atoms with van der Waals surface area (Å²) in [6, 6.07) is 1.11. The van der Waals surface area contributed by atoms with E-state index in [1.165, 1.54) is 63.4 Å². The van der Waals surface area contributed by atoms with E-state index in [0.717, 1.165) is 29.6 Å². The maximum absolute atomic E-state index is 13.0. The highest BCUT2D eigenvalue weighted by Gasteiger charge is 2.61. The van der Waals surface area contributed by atoms with Gasteiger partial charge in [-0.1, -0.05) is 33.3 Å². The fraction of sp³-hybridized carbons (Fsp3) is 0.903. The minimum atomic E-state index is 0.217. The summed E-state index contributed by atoms with van der Waals surface area (Å²) in [6.07, 6.45) is 14.2. The number of hydrogen-bond donors (Lipinski definition) is 0. The minimum Gasteiger partial charge on any atom is -0.339 e. The van der Waals surface area contributed by atoms with Crippen LogP contribution < -0.4 is 0 Å². The van der Waals surface area contributed by atoms with E-state index < -0.39 is 0 Å². The van der Waals surface area contributed by atoms with Crippen molar-refractivity contribution in [3.63, 3.8) is 0 Å². The van der Waals surface area contributed by atoms with Gasteiger partial charge in [0.1, 0.15) is 0 Å². The highest BCUT2D eigenvalue weighted by Crippen LogP contribution is 2.68. The van der Waals surface area contributed by atoms with Crippen molar-refractivity contribution in [3.8, 4) is 0 Å². The van der Waals surface area contributed by atoms with Crippen molar-refractivity contribution < 1.29 is 4.79 Å². The van der Waals surface area contributed by atoms with Gasteiger partial charge in [-0.15, -0.1) is 0 Å². The van der Waals surface area contributed by atoms with E-state index in [2.05, 4.69) is 72.5 Å². The first-order valence-corrected chi connectivity index (χ1v) is 14.5. The summed E-state index contributed by atoms with van der Waals surface area (Å²) >= 11 is 0. The molecule has 0 spiro atoms. The zero-order chi connectivity index (χ0) is 25.0. The van der Waals surface area contributed by atoms with E-state index in [1.54, 1.807) is 0 Å². The van der Waals surface area contributed by atoms with Crippen LogP contribution in [0.2, 0.25) is 0 Å². The number of fused-ring (bicyclic) bond motifs is 5. The number of nitrogens with zero attached hydrogens (tertiary/aromatic N) is 2. The van der Waals surface area contributed by atoms with Crippen molar-refractivity contribution in [3.05, 3.63) is 11.6 Å². The molecule has 4 fully saturated rings. The Bertz CT molecular complexity index is 786. The van der Waals surface area contributed by atoms with E-state index in [4.69, 9.17) is 0 Å². The summed E-state index contributed by atoms with van der Waals surface area (Å²) in [5.41, 5.74) is 2.22. The van der Waals surface area contributed by atoms with E-state index in [1.807, 2.05) is 6.08 Å². The molecule has 0 radical (unpaired) electrons. The lowest BCUT2D eigenvalue weighted by molar-refractivity contribution is -0.137. The predicted octanol–water partition coefficient (Wildman–Crippen LogP) is 7.02. The Kier molecular flexibility index (Phi) is 7.38. The maximum atomic E-state index is 13.0. The third-order valence-electron chi connectivity index (χ3n) is 12.3. The molecule has 3 nitrogen and oxygen atoms in total. The molecule has 0 aromatic carbocycles. The van der Waals surface area contributed by atoms with Gasteiger partial charge in [-0.2, -0.15) is 0 Å². The summed E-state index contributed by atoms with van der Waals surface area (Å²) in [7, 11) is 6.61. The fourth-order valence-electron chi connectivity index (χ4n) is 9.42. The Balaban J connectivity index is 1.46. The number of allylic oxidation sites excluding steroid dienone is 1. The van der Waals surface area contributed by atoms with E-state index in [9.17, 15) is 4.79 Å². The van der Waals surface area contributed by atoms with Crippen molar-refractivity contribution in [2.75, 3.05) is 21.1 Å². The Hall–Kier alpha value is -0.830. The van der Waals surface area contributed by atoms with Crippen LogP contribution in [0, 0.1) is 46.3 Å². The molecular weight excluding hydrogens is 416 g/mol. The molecule has 4 aliphatic rings. The summed E-state index contributed by atoms with van der Waals surface area (Å²) < 4.78 is 0. The summed E-state index contributed by atoms with van der Waals surface area (Å²) in [5, 5.41) is 0. The molecular formula is C31H54N2O. The molecule has 4 rings (SSSR count). The van der Waals surface area contributed by atoms with E-state index in [-0.39, 0.29) is 5.91 Å². The van der Waals surface area contributed by atoms with Crippen molar-refractivity contribution in [2.24, 2.45) is 46.3 Å². The number of carbonyl (C=O) groups is 1. The first kappa shape index (κ1) is 26.2. The third kappa shape index (κ3) is 4.31. The van der Waals surface area contributed by atoms with Crippen molar-refractivity contribution in [1.82, 2.24) is 9.80 Å². The Morgan fingerprint density at radius 3 is 2.18 bits per heavy atom. The minimum absolute atomic E-state index is 0.217. The number of amides is 1. The average molecular weight is 471 g/mol. The van der Waals surface area contributed by atoms with E-state index >= 15 is 0 Å². The zero-order valence-corrected chi connectivity index (χ0v) is 23.9. The number of rotatable bonds is 5. The Morgan fingerprint density at radius 1 is 0.882 bits per heavy atom. The second-order valence-electron chi connectivity index (χ2n) is 14.0. The fourth-order valence-corrected chi connectivity index (χ4v) is 9.42. The van der Waals surface area contributed by atoms with Crippen molar-refractivity contribution in [1.29, 1.82) is 0 Å². The largest absolute Gasteiger partial charge is 0.339 e. The molecule has 0 saturated heterocycles. The lowest BCUT2D eigenvalue weighted by Crippen LogP contribution is -2.56. The molecule has 0 aliphatic heterocycles. The van der Waals surface area contributed by atoms with Gasteiger partial charge in [-0.25, -0.2) is 0 Å². The molecule has 0 bridgehead atoms. The van der Waals surface area contributed by atoms with Crippen LogP contribution >= 0.6 is 0 Å². The van der Waals surface area contributed by atoms with Crippen LogP contribution in [0.1, 0.15) is 99.3 Å². The molecule has 194 valence electrons. The molecule has 34 heavy (non-hydrogen) atoms. The predicted molar refractivity (Wildman–Crippen MR) is 144 cm³/mol. The first-order valence-electron chi connectivity index (χ1n) is 14.5. The summed E-state index contributed by atoms with van der Waals surface area (Å²) in [4.78, 5) is 17.5. The Morgan fingerprint density at radius 2 is 1.53 bits per heavy atom. The molecule has 1 amide bonds. The second-order valence-corrected chi connectivity index (χ2v) is 14.0. The molecule has 0 N–H and O–H groups in total. The van der Waals surface area contributed by atoms with Gasteiger partial charge in [0.25, 0.3) is 0 Å². The maximum Gasteiger partial charge on any atom is 0.246 e. The van der Waals surface area contributed by atoms with Crippen LogP contribution in [-0.2, 0) is 4.79 Å². The summed E-state index contributed by atoms with van der Waals surface area (Å²) in [5.74, 6) is 5.08. The van der Waals surface area contributed by atoms with Gasteiger partial charge in [0, 0.05) is 25.2 Å². The highest BCUT2D eigenvalue weighted by atomic mass is 16.2. The van der Waals surface area contributed by atoms with Gasteiger partial charge < -0.3 is 9.80 Å². The quantitative estimate of drug-likeness (QED) is 0.403. The third-order valence-corrected chi connectivity index (χ3v) is 12.3. The zero-order valence-electron chi connectivity index (χ0n) is 23.9. The van der Waals surface area contributed by atoms with Crippen LogP contribution in [0.5, 0.6) is 0 Å². The molecule has 9 atom stereocenters. The standard InChI is InChI=1S/C31H54N2O/c1-20(2)21(3)18-29(34)33(9)24-14-16-30(5)23(19-24)10-11-25-27-13-12-26(22(4)32(7)8)31(27,6)17-15-28(25)30/h18,20,22-28H,10-17,19H2,1-9H3/b21-18+/t22?,23-,24-,25-,26+,27-,28-,30-,31+/m0/s1. The SMILES string of the molecule is C/C(=C\C(=O)N(C)[C@H]1CC[C@@]2(C)[C@@H](CC[C@@H]3[C@@H]2CC[C@]2(C)[C@@H](C(C)N(C)C)CC[C@@H]32)C1)C(C)C. The van der Waals surface area contributed by atoms with Crippen LogP contribution in [-0.4, -0.2) is 48.9 Å². The lowest BCUT2D eigenvalue weighted by Gasteiger charge is -2.62. The van der Waals surface area contributed by atoms with Crippen molar-refractivity contribution in [2.45, 2.75) is 111 Å². The average Bonchev–Trinajstić information content (AvgIpc) is 3.14. The van der Waals surface area contributed by atoms with Gasteiger partial charge in [-0.05, 0) is 132 Å². The Labute approximate surface area is 211 Å². The highest BCUT2D eigenvalue weighted by molar-refractivity contribution is 5.88. The van der Waals surface area contributed by atoms with Gasteiger partial charge in [0.15, 0.2) is 0 Å².